The minimum atomic E-state index is -0.0355. The van der Waals surface area contributed by atoms with Crippen molar-refractivity contribution in [1.82, 2.24) is 14.8 Å². The molecule has 0 amide bonds. The number of benzene rings is 1. The van der Waals surface area contributed by atoms with Crippen molar-refractivity contribution in [1.29, 1.82) is 0 Å². The Kier molecular flexibility index (Phi) is 5.46. The molecule has 128 valence electrons. The van der Waals surface area contributed by atoms with Gasteiger partial charge in [0.25, 0.3) is 0 Å². The molecular weight excluding hydrogens is 346 g/mol. The van der Waals surface area contributed by atoms with Crippen LogP contribution in [-0.2, 0) is 11.3 Å². The second-order valence-electron chi connectivity index (χ2n) is 6.13. The minimum Gasteiger partial charge on any atom is -0.488 e. The lowest BCUT2D eigenvalue weighted by Gasteiger charge is -2.25. The maximum absolute atomic E-state index is 11.4. The third-order valence-electron chi connectivity index (χ3n) is 4.22. The molecule has 1 fully saturated rings. The SMILES string of the molecule is CC(=O)Sc1ncnn1CC(Oc1ccc(Cl)cc1)C(C)C1CC1. The number of carbonyl (C=O) groups is 1. The second-order valence-corrected chi connectivity index (χ2v) is 7.71. The van der Waals surface area contributed by atoms with Crippen molar-refractivity contribution >= 4 is 28.5 Å². The number of aromatic nitrogens is 3. The third-order valence-corrected chi connectivity index (χ3v) is 5.26. The molecule has 2 aromatic rings. The highest BCUT2D eigenvalue weighted by Gasteiger charge is 2.35. The molecule has 0 N–H and O–H groups in total. The van der Waals surface area contributed by atoms with Crippen LogP contribution in [0, 0.1) is 11.8 Å². The lowest BCUT2D eigenvalue weighted by Crippen LogP contribution is -2.32. The summed E-state index contributed by atoms with van der Waals surface area (Å²) in [6, 6.07) is 7.40. The highest BCUT2D eigenvalue weighted by Crippen LogP contribution is 2.39. The van der Waals surface area contributed by atoms with Gasteiger partial charge >= 0.3 is 0 Å². The van der Waals surface area contributed by atoms with E-state index in [0.29, 0.717) is 28.6 Å². The molecule has 5 nitrogen and oxygen atoms in total. The molecule has 3 rings (SSSR count). The summed E-state index contributed by atoms with van der Waals surface area (Å²) in [4.78, 5) is 15.5. The van der Waals surface area contributed by atoms with Crippen LogP contribution in [0.2, 0.25) is 5.02 Å². The lowest BCUT2D eigenvalue weighted by atomic mass is 9.99. The van der Waals surface area contributed by atoms with E-state index in [0.717, 1.165) is 17.5 Å². The molecule has 2 atom stereocenters. The quantitative estimate of drug-likeness (QED) is 0.692. The molecule has 1 heterocycles. The maximum Gasteiger partial charge on any atom is 0.193 e. The monoisotopic (exact) mass is 365 g/mol. The van der Waals surface area contributed by atoms with Crippen molar-refractivity contribution < 1.29 is 9.53 Å². The summed E-state index contributed by atoms with van der Waals surface area (Å²) < 4.78 is 7.98. The van der Waals surface area contributed by atoms with Crippen LogP contribution in [0.4, 0.5) is 0 Å². The number of carbonyl (C=O) groups excluding carboxylic acids is 1. The zero-order chi connectivity index (χ0) is 17.1. The van der Waals surface area contributed by atoms with Crippen molar-refractivity contribution in [3.8, 4) is 5.75 Å². The van der Waals surface area contributed by atoms with Gasteiger partial charge < -0.3 is 4.74 Å². The maximum atomic E-state index is 11.4. The number of ether oxygens (including phenoxy) is 1. The average Bonchev–Trinajstić information content (AvgIpc) is 3.31. The Balaban J connectivity index is 1.76. The fourth-order valence-corrected chi connectivity index (χ4v) is 3.39. The number of hydrogen-bond acceptors (Lipinski definition) is 5. The summed E-state index contributed by atoms with van der Waals surface area (Å²) in [6.07, 6.45) is 3.93. The van der Waals surface area contributed by atoms with E-state index >= 15 is 0 Å². The summed E-state index contributed by atoms with van der Waals surface area (Å²) in [5, 5.41) is 5.55. The van der Waals surface area contributed by atoms with Gasteiger partial charge in [-0.15, -0.1) is 0 Å². The van der Waals surface area contributed by atoms with Crippen molar-refractivity contribution in [2.45, 2.75) is 44.5 Å². The summed E-state index contributed by atoms with van der Waals surface area (Å²) in [6.45, 7) is 4.31. The van der Waals surface area contributed by atoms with Gasteiger partial charge in [-0.3, -0.25) is 4.79 Å². The highest BCUT2D eigenvalue weighted by molar-refractivity contribution is 8.13. The molecular formula is C17H20ClN3O2S. The Morgan fingerprint density at radius 3 is 2.75 bits per heavy atom. The first kappa shape index (κ1) is 17.3. The first-order valence-corrected chi connectivity index (χ1v) is 9.21. The number of rotatable bonds is 7. The summed E-state index contributed by atoms with van der Waals surface area (Å²) in [5.74, 6) is 1.88. The zero-order valence-corrected chi connectivity index (χ0v) is 15.3. The Morgan fingerprint density at radius 1 is 1.42 bits per heavy atom. The summed E-state index contributed by atoms with van der Waals surface area (Å²) in [5.41, 5.74) is 0. The van der Waals surface area contributed by atoms with Gasteiger partial charge in [-0.05, 0) is 60.7 Å². The van der Waals surface area contributed by atoms with Crippen LogP contribution in [0.25, 0.3) is 0 Å². The first-order chi connectivity index (χ1) is 11.5. The number of thioether (sulfide) groups is 1. The lowest BCUT2D eigenvalue weighted by molar-refractivity contribution is -0.109. The van der Waals surface area contributed by atoms with Crippen LogP contribution in [0.15, 0.2) is 35.7 Å². The molecule has 1 saturated carbocycles. The molecule has 7 heteroatoms. The topological polar surface area (TPSA) is 57.0 Å². The van der Waals surface area contributed by atoms with Crippen LogP contribution in [-0.4, -0.2) is 26.0 Å². The van der Waals surface area contributed by atoms with Gasteiger partial charge in [-0.2, -0.15) is 5.10 Å². The molecule has 0 aliphatic heterocycles. The van der Waals surface area contributed by atoms with E-state index in [1.54, 1.807) is 4.68 Å². The first-order valence-electron chi connectivity index (χ1n) is 8.01. The smallest absolute Gasteiger partial charge is 0.193 e. The van der Waals surface area contributed by atoms with Crippen molar-refractivity contribution in [3.63, 3.8) is 0 Å². The average molecular weight is 366 g/mol. The normalized spacial score (nSPS) is 16.6. The van der Waals surface area contributed by atoms with Gasteiger partial charge in [-0.25, -0.2) is 9.67 Å². The van der Waals surface area contributed by atoms with Gasteiger partial charge in [0, 0.05) is 11.9 Å². The summed E-state index contributed by atoms with van der Waals surface area (Å²) in [7, 11) is 0. The van der Waals surface area contributed by atoms with E-state index in [2.05, 4.69) is 17.0 Å². The van der Waals surface area contributed by atoms with Crippen LogP contribution in [0.5, 0.6) is 5.75 Å². The molecule has 0 bridgehead atoms. The Labute approximate surface area is 150 Å². The predicted molar refractivity (Wildman–Crippen MR) is 94.3 cm³/mol. The van der Waals surface area contributed by atoms with E-state index in [1.807, 2.05) is 24.3 Å². The third kappa shape index (κ3) is 4.51. The van der Waals surface area contributed by atoms with Gasteiger partial charge in [0.1, 0.15) is 18.2 Å². The van der Waals surface area contributed by atoms with Crippen LogP contribution in [0.1, 0.15) is 26.7 Å². The zero-order valence-electron chi connectivity index (χ0n) is 13.7. The molecule has 2 unspecified atom stereocenters. The molecule has 1 aromatic carbocycles. The Hall–Kier alpha value is -1.53. The molecule has 0 saturated heterocycles. The van der Waals surface area contributed by atoms with Gasteiger partial charge in [0.15, 0.2) is 10.3 Å². The fourth-order valence-electron chi connectivity index (χ4n) is 2.68. The van der Waals surface area contributed by atoms with Crippen molar-refractivity contribution in [3.05, 3.63) is 35.6 Å². The van der Waals surface area contributed by atoms with E-state index < -0.39 is 0 Å². The second kappa shape index (κ2) is 7.57. The number of hydrogen-bond donors (Lipinski definition) is 0. The van der Waals surface area contributed by atoms with Crippen LogP contribution in [0.3, 0.4) is 0 Å². The van der Waals surface area contributed by atoms with Gasteiger partial charge in [0.05, 0.1) is 6.54 Å². The van der Waals surface area contributed by atoms with E-state index in [4.69, 9.17) is 16.3 Å². The molecule has 0 radical (unpaired) electrons. The molecule has 0 spiro atoms. The van der Waals surface area contributed by atoms with Crippen LogP contribution >= 0.6 is 23.4 Å². The van der Waals surface area contributed by atoms with E-state index in [1.165, 1.54) is 26.1 Å². The van der Waals surface area contributed by atoms with E-state index in [-0.39, 0.29) is 11.2 Å². The molecule has 24 heavy (non-hydrogen) atoms. The van der Waals surface area contributed by atoms with E-state index in [9.17, 15) is 4.79 Å². The predicted octanol–water partition coefficient (Wildman–Crippen LogP) is 4.06. The summed E-state index contributed by atoms with van der Waals surface area (Å²) >= 11 is 7.04. The largest absolute Gasteiger partial charge is 0.488 e. The number of halogens is 1. The highest BCUT2D eigenvalue weighted by atomic mass is 35.5. The van der Waals surface area contributed by atoms with Crippen molar-refractivity contribution in [2.75, 3.05) is 0 Å². The molecule has 1 aromatic heterocycles. The number of nitrogens with zero attached hydrogens (tertiary/aromatic N) is 3. The Bertz CT molecular complexity index is 700. The fraction of sp³-hybridized carbons (Fsp3) is 0.471. The Morgan fingerprint density at radius 2 is 2.12 bits per heavy atom. The van der Waals surface area contributed by atoms with Gasteiger partial charge in [-0.1, -0.05) is 18.5 Å². The van der Waals surface area contributed by atoms with Gasteiger partial charge in [0.2, 0.25) is 0 Å². The van der Waals surface area contributed by atoms with Crippen LogP contribution < -0.4 is 4.74 Å². The standard InChI is InChI=1S/C17H20ClN3O2S/c1-11(13-3-4-13)16(23-15-7-5-14(18)6-8-15)9-21-17(19-10-20-21)24-12(2)22/h5-8,10-11,13,16H,3-4,9H2,1-2H3. The molecule has 1 aliphatic carbocycles. The molecule has 1 aliphatic rings. The van der Waals surface area contributed by atoms with Crippen molar-refractivity contribution in [2.24, 2.45) is 11.8 Å². The minimum absolute atomic E-state index is 0.00494.